The summed E-state index contributed by atoms with van der Waals surface area (Å²) in [6, 6.07) is 14.7. The molecular weight excluding hydrogens is 402 g/mol. The van der Waals surface area contributed by atoms with Gasteiger partial charge in [0.15, 0.2) is 0 Å². The van der Waals surface area contributed by atoms with Crippen LogP contribution in [0.5, 0.6) is 5.75 Å². The van der Waals surface area contributed by atoms with Crippen LogP contribution in [0.4, 0.5) is 11.4 Å². The van der Waals surface area contributed by atoms with Gasteiger partial charge in [0.25, 0.3) is 0 Å². The molecule has 0 saturated carbocycles. The molecule has 30 heavy (non-hydrogen) atoms. The van der Waals surface area contributed by atoms with E-state index in [-0.39, 0.29) is 24.8 Å². The highest BCUT2D eigenvalue weighted by molar-refractivity contribution is 7.09. The molecule has 0 unspecified atom stereocenters. The molecule has 1 heterocycles. The van der Waals surface area contributed by atoms with Crippen LogP contribution in [0.15, 0.2) is 53.9 Å². The van der Waals surface area contributed by atoms with Crippen LogP contribution in [0.25, 0.3) is 0 Å². The molecular formula is C22H23N3O4S. The molecule has 2 N–H and O–H groups in total. The molecule has 156 valence electrons. The number of benzene rings is 2. The number of thiazole rings is 1. The van der Waals surface area contributed by atoms with Gasteiger partial charge < -0.3 is 20.1 Å². The topological polar surface area (TPSA) is 89.6 Å². The van der Waals surface area contributed by atoms with E-state index in [0.29, 0.717) is 23.7 Å². The van der Waals surface area contributed by atoms with E-state index in [9.17, 15) is 9.59 Å². The number of aryl methyl sites for hydroxylation is 1. The largest absolute Gasteiger partial charge is 0.486 e. The fourth-order valence-corrected chi connectivity index (χ4v) is 3.32. The molecule has 3 rings (SSSR count). The van der Waals surface area contributed by atoms with E-state index in [1.807, 2.05) is 36.6 Å². The Balaban J connectivity index is 1.47. The number of rotatable bonds is 9. The third kappa shape index (κ3) is 6.68. The fraction of sp³-hybridized carbons (Fsp3) is 0.227. The maximum Gasteiger partial charge on any atom is 0.250 e. The summed E-state index contributed by atoms with van der Waals surface area (Å²) in [5.74, 6) is 0.388. The molecule has 0 aliphatic heterocycles. The zero-order chi connectivity index (χ0) is 21.3. The van der Waals surface area contributed by atoms with Gasteiger partial charge in [-0.1, -0.05) is 17.7 Å². The predicted octanol–water partition coefficient (Wildman–Crippen LogP) is 3.80. The second kappa shape index (κ2) is 10.5. The minimum absolute atomic E-state index is 0.00975. The van der Waals surface area contributed by atoms with Crippen LogP contribution in [-0.4, -0.2) is 30.5 Å². The number of amides is 2. The molecule has 0 bridgehead atoms. The number of nitrogens with one attached hydrogen (secondary N) is 2. The van der Waals surface area contributed by atoms with E-state index in [4.69, 9.17) is 9.47 Å². The summed E-state index contributed by atoms with van der Waals surface area (Å²) < 4.78 is 10.5. The second-order valence-corrected chi connectivity index (χ2v) is 7.56. The van der Waals surface area contributed by atoms with E-state index in [0.717, 1.165) is 10.8 Å². The van der Waals surface area contributed by atoms with Crippen LogP contribution in [0.2, 0.25) is 0 Å². The third-order valence-electron chi connectivity index (χ3n) is 4.05. The number of nitrogens with zero attached hydrogens (tertiary/aromatic N) is 1. The molecule has 0 radical (unpaired) electrons. The summed E-state index contributed by atoms with van der Waals surface area (Å²) in [6.45, 7) is 2.38. The Morgan fingerprint density at radius 2 is 1.60 bits per heavy atom. The maximum absolute atomic E-state index is 12.3. The summed E-state index contributed by atoms with van der Waals surface area (Å²) in [7, 11) is 1.46. The van der Waals surface area contributed by atoms with Crippen molar-refractivity contribution in [2.75, 3.05) is 24.4 Å². The van der Waals surface area contributed by atoms with Crippen molar-refractivity contribution in [3.05, 3.63) is 70.2 Å². The zero-order valence-corrected chi connectivity index (χ0v) is 17.6. The first-order valence-electron chi connectivity index (χ1n) is 9.33. The van der Waals surface area contributed by atoms with E-state index in [2.05, 4.69) is 15.6 Å². The molecule has 7 nitrogen and oxygen atoms in total. The summed E-state index contributed by atoms with van der Waals surface area (Å²) in [4.78, 5) is 28.2. The molecule has 8 heteroatoms. The van der Waals surface area contributed by atoms with Gasteiger partial charge in [-0.2, -0.15) is 0 Å². The summed E-state index contributed by atoms with van der Waals surface area (Å²) in [6.07, 6.45) is 0.174. The second-order valence-electron chi connectivity index (χ2n) is 6.62. The monoisotopic (exact) mass is 425 g/mol. The number of ether oxygens (including phenoxy) is 2. The first kappa shape index (κ1) is 21.5. The van der Waals surface area contributed by atoms with Crippen LogP contribution in [-0.2, 0) is 27.4 Å². The van der Waals surface area contributed by atoms with Gasteiger partial charge in [-0.15, -0.1) is 11.3 Å². The number of hydrogen-bond acceptors (Lipinski definition) is 6. The van der Waals surface area contributed by atoms with Gasteiger partial charge in [-0.25, -0.2) is 4.98 Å². The van der Waals surface area contributed by atoms with Crippen molar-refractivity contribution in [1.82, 2.24) is 4.98 Å². The van der Waals surface area contributed by atoms with Gasteiger partial charge in [0.05, 0.1) is 12.1 Å². The number of anilines is 2. The SMILES string of the molecule is COCC(=O)Nc1ccc(NC(=O)Cc2csc(COc3ccc(C)cc3)n2)cc1. The van der Waals surface area contributed by atoms with E-state index in [1.165, 1.54) is 24.0 Å². The quantitative estimate of drug-likeness (QED) is 0.544. The lowest BCUT2D eigenvalue weighted by molar-refractivity contribution is -0.119. The van der Waals surface area contributed by atoms with Gasteiger partial charge >= 0.3 is 0 Å². The average Bonchev–Trinajstić information content (AvgIpc) is 3.16. The lowest BCUT2D eigenvalue weighted by Crippen LogP contribution is -2.17. The standard InChI is InChI=1S/C22H23N3O4S/c1-15-3-9-19(10-4-15)29-13-22-25-18(14-30-22)11-20(26)23-16-5-7-17(8-6-16)24-21(27)12-28-2/h3-10,14H,11-13H2,1-2H3,(H,23,26)(H,24,27). The van der Waals surface area contributed by atoms with E-state index in [1.54, 1.807) is 24.3 Å². The van der Waals surface area contributed by atoms with Crippen LogP contribution < -0.4 is 15.4 Å². The highest BCUT2D eigenvalue weighted by Gasteiger charge is 2.09. The summed E-state index contributed by atoms with van der Waals surface area (Å²) >= 11 is 1.47. The smallest absolute Gasteiger partial charge is 0.250 e. The third-order valence-corrected chi connectivity index (χ3v) is 4.92. The van der Waals surface area contributed by atoms with Gasteiger partial charge in [0.2, 0.25) is 11.8 Å². The Hall–Kier alpha value is -3.23. The predicted molar refractivity (Wildman–Crippen MR) is 117 cm³/mol. The minimum atomic E-state index is -0.236. The molecule has 0 aliphatic rings. The minimum Gasteiger partial charge on any atom is -0.486 e. The number of carbonyl (C=O) groups is 2. The van der Waals surface area contributed by atoms with Crippen molar-refractivity contribution in [3.8, 4) is 5.75 Å². The van der Waals surface area contributed by atoms with E-state index >= 15 is 0 Å². The van der Waals surface area contributed by atoms with E-state index < -0.39 is 0 Å². The summed E-state index contributed by atoms with van der Waals surface area (Å²) in [5.41, 5.74) is 3.15. The van der Waals surface area contributed by atoms with Gasteiger partial charge in [0, 0.05) is 23.9 Å². The van der Waals surface area contributed by atoms with Crippen molar-refractivity contribution in [3.63, 3.8) is 0 Å². The van der Waals surface area contributed by atoms with Crippen molar-refractivity contribution < 1.29 is 19.1 Å². The van der Waals surface area contributed by atoms with Crippen LogP contribution in [0.1, 0.15) is 16.3 Å². The molecule has 2 aromatic carbocycles. The molecule has 0 spiro atoms. The molecule has 0 saturated heterocycles. The summed E-state index contributed by atoms with van der Waals surface area (Å²) in [5, 5.41) is 8.20. The van der Waals surface area contributed by atoms with Crippen molar-refractivity contribution >= 4 is 34.5 Å². The first-order valence-corrected chi connectivity index (χ1v) is 10.2. The normalized spacial score (nSPS) is 10.5. The number of aromatic nitrogens is 1. The average molecular weight is 426 g/mol. The Bertz CT molecular complexity index is 984. The molecule has 0 atom stereocenters. The van der Waals surface area contributed by atoms with Crippen LogP contribution >= 0.6 is 11.3 Å². The molecule has 0 aliphatic carbocycles. The lowest BCUT2D eigenvalue weighted by Gasteiger charge is -2.07. The molecule has 0 fully saturated rings. The Morgan fingerprint density at radius 3 is 2.23 bits per heavy atom. The van der Waals surface area contributed by atoms with Crippen molar-refractivity contribution in [2.45, 2.75) is 20.0 Å². The number of hydrogen-bond donors (Lipinski definition) is 2. The molecule has 1 aromatic heterocycles. The fourth-order valence-electron chi connectivity index (χ4n) is 2.61. The highest BCUT2D eigenvalue weighted by atomic mass is 32.1. The maximum atomic E-state index is 12.3. The molecule has 2 amide bonds. The van der Waals surface area contributed by atoms with Crippen LogP contribution in [0, 0.1) is 6.92 Å². The Kier molecular flexibility index (Phi) is 7.53. The van der Waals surface area contributed by atoms with Gasteiger partial charge in [0.1, 0.15) is 24.0 Å². The number of carbonyl (C=O) groups excluding carboxylic acids is 2. The highest BCUT2D eigenvalue weighted by Crippen LogP contribution is 2.17. The Labute approximate surface area is 179 Å². The molecule has 3 aromatic rings. The zero-order valence-electron chi connectivity index (χ0n) is 16.8. The van der Waals surface area contributed by atoms with Gasteiger partial charge in [-0.05, 0) is 43.3 Å². The van der Waals surface area contributed by atoms with Crippen LogP contribution in [0.3, 0.4) is 0 Å². The first-order chi connectivity index (χ1) is 14.5. The van der Waals surface area contributed by atoms with Crippen molar-refractivity contribution in [2.24, 2.45) is 0 Å². The lowest BCUT2D eigenvalue weighted by atomic mass is 10.2. The Morgan fingerprint density at radius 1 is 0.967 bits per heavy atom. The van der Waals surface area contributed by atoms with Crippen molar-refractivity contribution in [1.29, 1.82) is 0 Å². The van der Waals surface area contributed by atoms with Gasteiger partial charge in [-0.3, -0.25) is 9.59 Å². The number of methoxy groups -OCH3 is 1.